The Morgan fingerprint density at radius 3 is 2.63 bits per heavy atom. The molecule has 2 rings (SSSR count). The van der Waals surface area contributed by atoms with E-state index in [1.54, 1.807) is 0 Å². The van der Waals surface area contributed by atoms with E-state index in [2.05, 4.69) is 68.2 Å². The highest BCUT2D eigenvalue weighted by molar-refractivity contribution is 5.15. The first kappa shape index (κ1) is 14.5. The summed E-state index contributed by atoms with van der Waals surface area (Å²) >= 11 is 0. The van der Waals surface area contributed by atoms with Crippen LogP contribution in [0.2, 0.25) is 0 Å². The van der Waals surface area contributed by atoms with E-state index in [0.717, 1.165) is 25.6 Å². The first-order chi connectivity index (χ1) is 9.02. The summed E-state index contributed by atoms with van der Waals surface area (Å²) < 4.78 is 0. The third kappa shape index (κ3) is 3.80. The van der Waals surface area contributed by atoms with Gasteiger partial charge in [-0.3, -0.25) is 4.90 Å². The third-order valence-corrected chi connectivity index (χ3v) is 4.39. The van der Waals surface area contributed by atoms with Crippen molar-refractivity contribution >= 4 is 0 Å². The summed E-state index contributed by atoms with van der Waals surface area (Å²) in [4.78, 5) is 2.67. The van der Waals surface area contributed by atoms with Crippen molar-refractivity contribution in [2.45, 2.75) is 52.2 Å². The predicted molar refractivity (Wildman–Crippen MR) is 82.2 cm³/mol. The van der Waals surface area contributed by atoms with Gasteiger partial charge in [0.05, 0.1) is 0 Å². The Labute approximate surface area is 118 Å². The molecule has 2 nitrogen and oxygen atoms in total. The zero-order valence-electron chi connectivity index (χ0n) is 12.8. The van der Waals surface area contributed by atoms with Crippen LogP contribution in [0.5, 0.6) is 0 Å². The van der Waals surface area contributed by atoms with Crippen molar-refractivity contribution in [3.63, 3.8) is 0 Å². The molecule has 1 saturated heterocycles. The molecule has 2 atom stereocenters. The van der Waals surface area contributed by atoms with Crippen LogP contribution in [-0.2, 0) is 6.54 Å². The van der Waals surface area contributed by atoms with Gasteiger partial charge in [0.25, 0.3) is 0 Å². The van der Waals surface area contributed by atoms with Crippen LogP contribution in [0.1, 0.15) is 39.7 Å². The van der Waals surface area contributed by atoms with Crippen molar-refractivity contribution in [1.29, 1.82) is 0 Å². The lowest BCUT2D eigenvalue weighted by Crippen LogP contribution is -2.62. The minimum atomic E-state index is 0.221. The molecule has 0 radical (unpaired) electrons. The van der Waals surface area contributed by atoms with Gasteiger partial charge in [-0.15, -0.1) is 0 Å². The summed E-state index contributed by atoms with van der Waals surface area (Å²) in [6.07, 6.45) is 1.25. The quantitative estimate of drug-likeness (QED) is 0.893. The molecule has 0 amide bonds. The van der Waals surface area contributed by atoms with E-state index < -0.39 is 0 Å². The summed E-state index contributed by atoms with van der Waals surface area (Å²) in [5.74, 6) is 0.743. The van der Waals surface area contributed by atoms with E-state index >= 15 is 0 Å². The molecule has 1 heterocycles. The maximum Gasteiger partial charge on any atom is 0.0253 e. The highest BCUT2D eigenvalue weighted by Crippen LogP contribution is 2.24. The zero-order valence-corrected chi connectivity index (χ0v) is 12.8. The predicted octanol–water partition coefficient (Wildman–Crippen LogP) is 3.29. The standard InChI is InChI=1S/C17H28N2/c1-5-14(2)16-11-18-17(3,4)13-19(16)12-15-9-7-6-8-10-15/h6-10,14,16,18H,5,11-13H2,1-4H3. The smallest absolute Gasteiger partial charge is 0.0253 e. The molecule has 1 aliphatic heterocycles. The molecule has 106 valence electrons. The second kappa shape index (κ2) is 6.06. The molecular formula is C17H28N2. The van der Waals surface area contributed by atoms with Crippen molar-refractivity contribution in [1.82, 2.24) is 10.2 Å². The Morgan fingerprint density at radius 2 is 2.00 bits per heavy atom. The normalized spacial score (nSPS) is 25.2. The van der Waals surface area contributed by atoms with E-state index in [1.165, 1.54) is 12.0 Å². The zero-order chi connectivity index (χ0) is 13.9. The summed E-state index contributed by atoms with van der Waals surface area (Å²) in [6.45, 7) is 12.6. The van der Waals surface area contributed by atoms with Gasteiger partial charge < -0.3 is 5.32 Å². The van der Waals surface area contributed by atoms with E-state index in [4.69, 9.17) is 0 Å². The van der Waals surface area contributed by atoms with Crippen molar-refractivity contribution < 1.29 is 0 Å². The highest BCUT2D eigenvalue weighted by Gasteiger charge is 2.34. The van der Waals surface area contributed by atoms with Crippen molar-refractivity contribution in [3.8, 4) is 0 Å². The second-order valence-corrected chi connectivity index (χ2v) is 6.61. The van der Waals surface area contributed by atoms with E-state index in [0.29, 0.717) is 6.04 Å². The Balaban J connectivity index is 2.11. The van der Waals surface area contributed by atoms with E-state index in [9.17, 15) is 0 Å². The molecule has 19 heavy (non-hydrogen) atoms. The van der Waals surface area contributed by atoms with Crippen molar-refractivity contribution in [2.75, 3.05) is 13.1 Å². The number of hydrogen-bond acceptors (Lipinski definition) is 2. The molecule has 1 aliphatic rings. The average Bonchev–Trinajstić information content (AvgIpc) is 2.38. The molecule has 1 aromatic rings. The van der Waals surface area contributed by atoms with Gasteiger partial charge in [-0.1, -0.05) is 50.6 Å². The van der Waals surface area contributed by atoms with Crippen molar-refractivity contribution in [2.24, 2.45) is 5.92 Å². The van der Waals surface area contributed by atoms with Crippen LogP contribution in [0.15, 0.2) is 30.3 Å². The van der Waals surface area contributed by atoms with Crippen LogP contribution in [-0.4, -0.2) is 29.6 Å². The van der Waals surface area contributed by atoms with Crippen LogP contribution in [0.3, 0.4) is 0 Å². The minimum absolute atomic E-state index is 0.221. The second-order valence-electron chi connectivity index (χ2n) is 6.61. The summed E-state index contributed by atoms with van der Waals surface area (Å²) in [5, 5.41) is 3.70. The Bertz CT molecular complexity index is 386. The molecule has 0 aliphatic carbocycles. The van der Waals surface area contributed by atoms with Crippen LogP contribution < -0.4 is 5.32 Å². The molecule has 1 N–H and O–H groups in total. The Morgan fingerprint density at radius 1 is 1.32 bits per heavy atom. The molecule has 2 heteroatoms. The lowest BCUT2D eigenvalue weighted by molar-refractivity contribution is 0.0571. The van der Waals surface area contributed by atoms with E-state index in [-0.39, 0.29) is 5.54 Å². The van der Waals surface area contributed by atoms with Gasteiger partial charge in [-0.25, -0.2) is 0 Å². The van der Waals surface area contributed by atoms with Crippen LogP contribution in [0, 0.1) is 5.92 Å². The van der Waals surface area contributed by atoms with Crippen LogP contribution in [0.4, 0.5) is 0 Å². The van der Waals surface area contributed by atoms with Gasteiger partial charge >= 0.3 is 0 Å². The molecule has 0 spiro atoms. The van der Waals surface area contributed by atoms with Gasteiger partial charge in [-0.05, 0) is 25.3 Å². The Kier molecular flexibility index (Phi) is 4.64. The molecule has 0 bridgehead atoms. The van der Waals surface area contributed by atoms with Gasteiger partial charge in [-0.2, -0.15) is 0 Å². The number of rotatable bonds is 4. The lowest BCUT2D eigenvalue weighted by atomic mass is 9.90. The Hall–Kier alpha value is -0.860. The highest BCUT2D eigenvalue weighted by atomic mass is 15.2. The number of hydrogen-bond donors (Lipinski definition) is 1. The number of nitrogens with one attached hydrogen (secondary N) is 1. The summed E-state index contributed by atoms with van der Waals surface area (Å²) in [6, 6.07) is 11.5. The monoisotopic (exact) mass is 260 g/mol. The fourth-order valence-electron chi connectivity index (χ4n) is 3.02. The first-order valence-corrected chi connectivity index (χ1v) is 7.55. The fourth-order valence-corrected chi connectivity index (χ4v) is 3.02. The number of benzene rings is 1. The fraction of sp³-hybridized carbons (Fsp3) is 0.647. The summed E-state index contributed by atoms with van der Waals surface area (Å²) in [7, 11) is 0. The first-order valence-electron chi connectivity index (χ1n) is 7.55. The van der Waals surface area contributed by atoms with Gasteiger partial charge in [0.1, 0.15) is 0 Å². The number of nitrogens with zero attached hydrogens (tertiary/aromatic N) is 1. The minimum Gasteiger partial charge on any atom is -0.309 e. The van der Waals surface area contributed by atoms with Crippen LogP contribution >= 0.6 is 0 Å². The number of piperazine rings is 1. The molecule has 0 aromatic heterocycles. The van der Waals surface area contributed by atoms with Crippen LogP contribution in [0.25, 0.3) is 0 Å². The summed E-state index contributed by atoms with van der Waals surface area (Å²) in [5.41, 5.74) is 1.65. The topological polar surface area (TPSA) is 15.3 Å². The molecule has 2 unspecified atom stereocenters. The van der Waals surface area contributed by atoms with Gasteiger partial charge in [0.2, 0.25) is 0 Å². The third-order valence-electron chi connectivity index (χ3n) is 4.39. The maximum absolute atomic E-state index is 3.70. The van der Waals surface area contributed by atoms with Gasteiger partial charge in [0.15, 0.2) is 0 Å². The SMILES string of the molecule is CCC(C)C1CNC(C)(C)CN1Cc1ccccc1. The van der Waals surface area contributed by atoms with Crippen molar-refractivity contribution in [3.05, 3.63) is 35.9 Å². The average molecular weight is 260 g/mol. The van der Waals surface area contributed by atoms with E-state index in [1.807, 2.05) is 0 Å². The molecular weight excluding hydrogens is 232 g/mol. The lowest BCUT2D eigenvalue weighted by Gasteiger charge is -2.47. The molecule has 0 saturated carbocycles. The maximum atomic E-state index is 3.70. The largest absolute Gasteiger partial charge is 0.309 e. The molecule has 1 aromatic carbocycles. The van der Waals surface area contributed by atoms with Gasteiger partial charge in [0, 0.05) is 31.2 Å². The molecule has 1 fully saturated rings.